The molecule has 3 rings (SSSR count). The highest BCUT2D eigenvalue weighted by atomic mass is 19.4. The van der Waals surface area contributed by atoms with Crippen LogP contribution >= 0.6 is 0 Å². The van der Waals surface area contributed by atoms with Crippen molar-refractivity contribution < 1.29 is 17.6 Å². The predicted molar refractivity (Wildman–Crippen MR) is 87.1 cm³/mol. The van der Waals surface area contributed by atoms with E-state index in [4.69, 9.17) is 4.42 Å². The molecule has 4 nitrogen and oxygen atoms in total. The number of alkyl halides is 3. The molecule has 0 N–H and O–H groups in total. The Hall–Kier alpha value is -1.89. The summed E-state index contributed by atoms with van der Waals surface area (Å²) in [6, 6.07) is 5.41. The van der Waals surface area contributed by atoms with Crippen LogP contribution in [0.4, 0.5) is 13.2 Å². The summed E-state index contributed by atoms with van der Waals surface area (Å²) in [4.78, 5) is 2.25. The molecule has 1 fully saturated rings. The van der Waals surface area contributed by atoms with Gasteiger partial charge in [0, 0.05) is 18.4 Å². The van der Waals surface area contributed by atoms with Crippen LogP contribution in [0.15, 0.2) is 28.7 Å². The lowest BCUT2D eigenvalue weighted by Gasteiger charge is -2.30. The van der Waals surface area contributed by atoms with Crippen molar-refractivity contribution >= 4 is 0 Å². The standard InChI is InChI=1S/C18H22F3N3O/c1-12(2)16-22-23-17(25-16)14-7-9-24(10-8-14)11-13-3-5-15(6-4-13)18(19,20)21/h3-6,12,14H,7-11H2,1-2H3. The molecule has 0 amide bonds. The first-order valence-corrected chi connectivity index (χ1v) is 8.54. The second-order valence-corrected chi connectivity index (χ2v) is 6.88. The van der Waals surface area contributed by atoms with Gasteiger partial charge in [0.05, 0.1) is 5.56 Å². The van der Waals surface area contributed by atoms with Crippen molar-refractivity contribution in [3.8, 4) is 0 Å². The fraction of sp³-hybridized carbons (Fsp3) is 0.556. The first-order valence-electron chi connectivity index (χ1n) is 8.54. The zero-order valence-electron chi connectivity index (χ0n) is 14.4. The van der Waals surface area contributed by atoms with Crippen molar-refractivity contribution in [1.82, 2.24) is 15.1 Å². The fourth-order valence-corrected chi connectivity index (χ4v) is 3.04. The third kappa shape index (κ3) is 4.39. The van der Waals surface area contributed by atoms with Crippen molar-refractivity contribution in [3.63, 3.8) is 0 Å². The topological polar surface area (TPSA) is 42.2 Å². The van der Waals surface area contributed by atoms with Crippen LogP contribution in [0.5, 0.6) is 0 Å². The summed E-state index contributed by atoms with van der Waals surface area (Å²) in [5.41, 5.74) is 0.290. The quantitative estimate of drug-likeness (QED) is 0.806. The molecule has 1 aliphatic heterocycles. The van der Waals surface area contributed by atoms with E-state index in [0.717, 1.165) is 43.6 Å². The minimum Gasteiger partial charge on any atom is -0.425 e. The summed E-state index contributed by atoms with van der Waals surface area (Å²) in [6.45, 7) is 6.43. The van der Waals surface area contributed by atoms with Gasteiger partial charge in [-0.3, -0.25) is 4.90 Å². The van der Waals surface area contributed by atoms with Gasteiger partial charge in [0.15, 0.2) is 0 Å². The third-order valence-electron chi connectivity index (χ3n) is 4.57. The van der Waals surface area contributed by atoms with E-state index in [9.17, 15) is 13.2 Å². The summed E-state index contributed by atoms with van der Waals surface area (Å²) in [5.74, 6) is 1.87. The lowest BCUT2D eigenvalue weighted by atomic mass is 9.96. The Morgan fingerprint density at radius 3 is 2.28 bits per heavy atom. The van der Waals surface area contributed by atoms with E-state index >= 15 is 0 Å². The van der Waals surface area contributed by atoms with Crippen LogP contribution in [-0.2, 0) is 12.7 Å². The fourth-order valence-electron chi connectivity index (χ4n) is 3.04. The number of halogens is 3. The second kappa shape index (κ2) is 7.15. The molecule has 0 unspecified atom stereocenters. The van der Waals surface area contributed by atoms with Gasteiger partial charge in [-0.1, -0.05) is 26.0 Å². The molecular weight excluding hydrogens is 331 g/mol. The highest BCUT2D eigenvalue weighted by molar-refractivity contribution is 5.24. The van der Waals surface area contributed by atoms with Crippen molar-refractivity contribution in [2.24, 2.45) is 0 Å². The molecule has 2 heterocycles. The molecule has 0 bridgehead atoms. The molecule has 0 radical (unpaired) electrons. The molecule has 0 saturated carbocycles. The van der Waals surface area contributed by atoms with Gasteiger partial charge in [-0.25, -0.2) is 0 Å². The zero-order chi connectivity index (χ0) is 18.0. The normalized spacial score (nSPS) is 17.4. The van der Waals surface area contributed by atoms with Crippen LogP contribution in [-0.4, -0.2) is 28.2 Å². The monoisotopic (exact) mass is 353 g/mol. The molecule has 1 aromatic heterocycles. The molecule has 2 aromatic rings. The third-order valence-corrected chi connectivity index (χ3v) is 4.57. The smallest absolute Gasteiger partial charge is 0.416 e. The first-order chi connectivity index (χ1) is 11.8. The molecule has 1 aliphatic rings. The first kappa shape index (κ1) is 17.9. The zero-order valence-corrected chi connectivity index (χ0v) is 14.4. The Balaban J connectivity index is 1.53. The van der Waals surface area contributed by atoms with Gasteiger partial charge in [0.1, 0.15) is 0 Å². The number of hydrogen-bond acceptors (Lipinski definition) is 4. The number of piperidine rings is 1. The van der Waals surface area contributed by atoms with Gasteiger partial charge in [0.2, 0.25) is 11.8 Å². The highest BCUT2D eigenvalue weighted by Gasteiger charge is 2.30. The van der Waals surface area contributed by atoms with Crippen molar-refractivity contribution in [2.45, 2.75) is 51.2 Å². The van der Waals surface area contributed by atoms with Crippen molar-refractivity contribution in [3.05, 3.63) is 47.2 Å². The number of nitrogens with zero attached hydrogens (tertiary/aromatic N) is 3. The van der Waals surface area contributed by atoms with E-state index in [1.54, 1.807) is 12.1 Å². The molecule has 0 aliphatic carbocycles. The van der Waals surface area contributed by atoms with Gasteiger partial charge in [-0.2, -0.15) is 13.2 Å². The minimum atomic E-state index is -4.28. The Morgan fingerprint density at radius 1 is 1.12 bits per heavy atom. The Morgan fingerprint density at radius 2 is 1.76 bits per heavy atom. The van der Waals surface area contributed by atoms with Crippen molar-refractivity contribution in [1.29, 1.82) is 0 Å². The SMILES string of the molecule is CC(C)c1nnc(C2CCN(Cc3ccc(C(F)(F)F)cc3)CC2)o1. The Labute approximate surface area is 145 Å². The van der Waals surface area contributed by atoms with E-state index in [1.165, 1.54) is 0 Å². The lowest BCUT2D eigenvalue weighted by Crippen LogP contribution is -2.32. The molecular formula is C18H22F3N3O. The summed E-state index contributed by atoms with van der Waals surface area (Å²) in [7, 11) is 0. The number of rotatable bonds is 4. The van der Waals surface area contributed by atoms with Crippen LogP contribution in [0.1, 0.15) is 61.4 Å². The average molecular weight is 353 g/mol. The molecule has 1 aromatic carbocycles. The minimum absolute atomic E-state index is 0.223. The summed E-state index contributed by atoms with van der Waals surface area (Å²) >= 11 is 0. The molecule has 136 valence electrons. The Bertz CT molecular complexity index is 686. The van der Waals surface area contributed by atoms with E-state index in [1.807, 2.05) is 13.8 Å². The second-order valence-electron chi connectivity index (χ2n) is 6.88. The molecule has 0 spiro atoms. The Kier molecular flexibility index (Phi) is 5.13. The summed E-state index contributed by atoms with van der Waals surface area (Å²) in [5, 5.41) is 8.24. The van der Waals surface area contributed by atoms with Crippen LogP contribution in [0.25, 0.3) is 0 Å². The maximum absolute atomic E-state index is 12.6. The maximum atomic E-state index is 12.6. The van der Waals surface area contributed by atoms with E-state index in [0.29, 0.717) is 18.3 Å². The average Bonchev–Trinajstić information content (AvgIpc) is 3.05. The highest BCUT2D eigenvalue weighted by Crippen LogP contribution is 2.31. The van der Waals surface area contributed by atoms with Gasteiger partial charge in [0.25, 0.3) is 0 Å². The number of hydrogen-bond donors (Lipinski definition) is 0. The predicted octanol–water partition coefficient (Wildman–Crippen LogP) is 4.59. The van der Waals surface area contributed by atoms with Crippen LogP contribution < -0.4 is 0 Å². The van der Waals surface area contributed by atoms with E-state index in [-0.39, 0.29) is 11.8 Å². The van der Waals surface area contributed by atoms with Crippen LogP contribution in [0, 0.1) is 0 Å². The van der Waals surface area contributed by atoms with E-state index < -0.39 is 11.7 Å². The van der Waals surface area contributed by atoms with Crippen LogP contribution in [0.3, 0.4) is 0 Å². The van der Waals surface area contributed by atoms with Crippen LogP contribution in [0.2, 0.25) is 0 Å². The lowest BCUT2D eigenvalue weighted by molar-refractivity contribution is -0.137. The summed E-state index contributed by atoms with van der Waals surface area (Å²) in [6.07, 6.45) is -2.45. The molecule has 1 saturated heterocycles. The van der Waals surface area contributed by atoms with E-state index in [2.05, 4.69) is 15.1 Å². The summed E-state index contributed by atoms with van der Waals surface area (Å²) < 4.78 is 43.5. The molecule has 25 heavy (non-hydrogen) atoms. The van der Waals surface area contributed by atoms with Crippen molar-refractivity contribution in [2.75, 3.05) is 13.1 Å². The largest absolute Gasteiger partial charge is 0.425 e. The molecule has 7 heteroatoms. The van der Waals surface area contributed by atoms with Gasteiger partial charge >= 0.3 is 6.18 Å². The number of aromatic nitrogens is 2. The maximum Gasteiger partial charge on any atom is 0.416 e. The number of likely N-dealkylation sites (tertiary alicyclic amines) is 1. The van der Waals surface area contributed by atoms with Gasteiger partial charge < -0.3 is 4.42 Å². The number of benzene rings is 1. The van der Waals surface area contributed by atoms with Gasteiger partial charge in [-0.05, 0) is 43.6 Å². The molecule has 0 atom stereocenters. The van der Waals surface area contributed by atoms with Gasteiger partial charge in [-0.15, -0.1) is 10.2 Å².